The number of nitrogens with zero attached hydrogens (tertiary/aromatic N) is 3. The molecule has 0 fully saturated rings. The van der Waals surface area contributed by atoms with Crippen LogP contribution in [0.2, 0.25) is 0 Å². The Kier molecular flexibility index (Phi) is 4.87. The van der Waals surface area contributed by atoms with Crippen LogP contribution < -0.4 is 25.3 Å². The van der Waals surface area contributed by atoms with Gasteiger partial charge in [0, 0.05) is 28.6 Å². The second-order valence-corrected chi connectivity index (χ2v) is 7.77. The van der Waals surface area contributed by atoms with Gasteiger partial charge in [-0.1, -0.05) is 22.0 Å². The summed E-state index contributed by atoms with van der Waals surface area (Å²) in [5.41, 5.74) is 8.56. The molecule has 2 aliphatic rings. The molecule has 9 nitrogen and oxygen atoms in total. The number of anilines is 1. The summed E-state index contributed by atoms with van der Waals surface area (Å²) in [6, 6.07) is 9.43. The average Bonchev–Trinajstić information content (AvgIpc) is 2.91. The predicted molar refractivity (Wildman–Crippen MR) is 115 cm³/mol. The first kappa shape index (κ1) is 19.0. The van der Waals surface area contributed by atoms with Gasteiger partial charge in [-0.3, -0.25) is 9.88 Å². The van der Waals surface area contributed by atoms with Crippen molar-refractivity contribution in [3.8, 4) is 17.2 Å². The van der Waals surface area contributed by atoms with Crippen molar-refractivity contribution in [2.45, 2.75) is 12.6 Å². The van der Waals surface area contributed by atoms with E-state index in [0.29, 0.717) is 36.4 Å². The zero-order chi connectivity index (χ0) is 20.7. The molecular weight excluding hydrogens is 454 g/mol. The highest BCUT2D eigenvalue weighted by molar-refractivity contribution is 9.10. The van der Waals surface area contributed by atoms with Crippen LogP contribution in [0.5, 0.6) is 17.2 Å². The number of nitrogens with one attached hydrogen (secondary N) is 1. The molecule has 0 amide bonds. The zero-order valence-electron chi connectivity index (χ0n) is 16.0. The first-order valence-electron chi connectivity index (χ1n) is 9.59. The van der Waals surface area contributed by atoms with E-state index in [0.717, 1.165) is 27.5 Å². The summed E-state index contributed by atoms with van der Waals surface area (Å²) in [6.45, 7) is 1.40. The third-order valence-electron chi connectivity index (χ3n) is 4.91. The van der Waals surface area contributed by atoms with E-state index in [9.17, 15) is 0 Å². The molecule has 4 N–H and O–H groups in total. The van der Waals surface area contributed by atoms with Crippen LogP contribution in [0.25, 0.3) is 11.0 Å². The number of hydrogen-bond donors (Lipinski definition) is 3. The molecule has 10 heteroatoms. The molecule has 1 atom stereocenters. The number of guanidine groups is 1. The number of ether oxygens (including phenoxy) is 3. The molecule has 0 saturated carbocycles. The lowest BCUT2D eigenvalue weighted by Crippen LogP contribution is -2.31. The van der Waals surface area contributed by atoms with E-state index < -0.39 is 6.17 Å². The highest BCUT2D eigenvalue weighted by atomic mass is 79.9. The van der Waals surface area contributed by atoms with Gasteiger partial charge in [-0.05, 0) is 12.1 Å². The molecule has 5 rings (SSSR count). The van der Waals surface area contributed by atoms with Crippen LogP contribution in [0.15, 0.2) is 39.8 Å². The third kappa shape index (κ3) is 3.31. The fourth-order valence-electron chi connectivity index (χ4n) is 3.60. The second kappa shape index (κ2) is 7.69. The Bertz CT molecular complexity index is 1150. The molecule has 0 radical (unpaired) electrons. The van der Waals surface area contributed by atoms with E-state index in [-0.39, 0.29) is 19.2 Å². The number of halogens is 1. The summed E-state index contributed by atoms with van der Waals surface area (Å²) < 4.78 is 19.9. The molecule has 2 aromatic carbocycles. The molecule has 1 aromatic heterocycles. The minimum absolute atomic E-state index is 0.0466. The number of aliphatic imine (C=N–C) groups is 1. The van der Waals surface area contributed by atoms with E-state index >= 15 is 0 Å². The van der Waals surface area contributed by atoms with Gasteiger partial charge in [-0.25, -0.2) is 9.98 Å². The van der Waals surface area contributed by atoms with Crippen LogP contribution in [0, 0.1) is 0 Å². The van der Waals surface area contributed by atoms with E-state index in [1.54, 1.807) is 0 Å². The van der Waals surface area contributed by atoms with Crippen molar-refractivity contribution in [3.05, 3.63) is 40.4 Å². The van der Waals surface area contributed by atoms with Crippen LogP contribution >= 0.6 is 15.9 Å². The Balaban J connectivity index is 1.62. The van der Waals surface area contributed by atoms with Gasteiger partial charge in [-0.2, -0.15) is 0 Å². The van der Waals surface area contributed by atoms with Crippen molar-refractivity contribution in [1.82, 2.24) is 9.55 Å². The molecule has 0 spiro atoms. The molecule has 3 heterocycles. The lowest BCUT2D eigenvalue weighted by molar-refractivity contribution is 0.201. The predicted octanol–water partition coefficient (Wildman–Crippen LogP) is 2.62. The number of nitrogens with two attached hydrogens (primary N) is 1. The quantitative estimate of drug-likeness (QED) is 0.533. The normalized spacial score (nSPS) is 17.7. The molecule has 0 saturated heterocycles. The molecule has 30 heavy (non-hydrogen) atoms. The highest BCUT2D eigenvalue weighted by Crippen LogP contribution is 2.40. The van der Waals surface area contributed by atoms with E-state index in [4.69, 9.17) is 30.0 Å². The van der Waals surface area contributed by atoms with Crippen molar-refractivity contribution in [2.75, 3.05) is 31.7 Å². The summed E-state index contributed by atoms with van der Waals surface area (Å²) >= 11 is 3.62. The fourth-order valence-corrected chi connectivity index (χ4v) is 4.17. The van der Waals surface area contributed by atoms with E-state index in [1.807, 2.05) is 34.9 Å². The Morgan fingerprint density at radius 2 is 2.03 bits per heavy atom. The van der Waals surface area contributed by atoms with Gasteiger partial charge in [-0.15, -0.1) is 0 Å². The number of benzene rings is 2. The van der Waals surface area contributed by atoms with Crippen LogP contribution in [-0.2, 0) is 0 Å². The summed E-state index contributed by atoms with van der Waals surface area (Å²) in [7, 11) is 0. The number of aliphatic hydroxyl groups is 1. The van der Waals surface area contributed by atoms with Crippen molar-refractivity contribution < 1.29 is 19.3 Å². The van der Waals surface area contributed by atoms with Gasteiger partial charge in [0.1, 0.15) is 12.4 Å². The maximum atomic E-state index is 8.97. The van der Waals surface area contributed by atoms with Crippen LogP contribution in [0.1, 0.15) is 18.2 Å². The number of rotatable bonds is 4. The minimum Gasteiger partial charge on any atom is -0.491 e. The summed E-state index contributed by atoms with van der Waals surface area (Å²) in [6.07, 6.45) is 0.400. The first-order valence-corrected chi connectivity index (χ1v) is 10.4. The molecule has 0 unspecified atom stereocenters. The Morgan fingerprint density at radius 3 is 2.80 bits per heavy atom. The second-order valence-electron chi connectivity index (χ2n) is 6.91. The molecule has 0 aliphatic carbocycles. The summed E-state index contributed by atoms with van der Waals surface area (Å²) in [5.74, 6) is 2.90. The smallest absolute Gasteiger partial charge is 0.212 e. The van der Waals surface area contributed by atoms with Crippen LogP contribution in [0.4, 0.5) is 5.95 Å². The van der Waals surface area contributed by atoms with Crippen molar-refractivity contribution in [1.29, 1.82) is 0 Å². The molecule has 3 aromatic rings. The number of aromatic nitrogens is 2. The minimum atomic E-state index is -0.433. The Hall–Kier alpha value is -2.98. The average molecular weight is 474 g/mol. The van der Waals surface area contributed by atoms with Crippen LogP contribution in [0.3, 0.4) is 0 Å². The maximum Gasteiger partial charge on any atom is 0.212 e. The Morgan fingerprint density at radius 1 is 1.23 bits per heavy atom. The van der Waals surface area contributed by atoms with Gasteiger partial charge in [0.2, 0.25) is 5.95 Å². The topological polar surface area (TPSA) is 116 Å². The molecular formula is C20H20BrN5O4. The zero-order valence-corrected chi connectivity index (χ0v) is 17.6. The number of aliphatic hydroxyl groups excluding tert-OH is 1. The molecule has 156 valence electrons. The maximum absolute atomic E-state index is 8.97. The fraction of sp³-hybridized carbons (Fsp3) is 0.300. The number of hydrogen-bond acceptors (Lipinski definition) is 8. The van der Waals surface area contributed by atoms with Crippen molar-refractivity contribution in [3.63, 3.8) is 0 Å². The monoisotopic (exact) mass is 473 g/mol. The van der Waals surface area contributed by atoms with Gasteiger partial charge in [0.25, 0.3) is 0 Å². The van der Waals surface area contributed by atoms with Gasteiger partial charge in [0.15, 0.2) is 23.6 Å². The first-order chi connectivity index (χ1) is 14.6. The largest absolute Gasteiger partial charge is 0.491 e. The van der Waals surface area contributed by atoms with Gasteiger partial charge in [0.05, 0.1) is 30.9 Å². The van der Waals surface area contributed by atoms with Crippen LogP contribution in [-0.4, -0.2) is 47.0 Å². The highest BCUT2D eigenvalue weighted by Gasteiger charge is 2.28. The van der Waals surface area contributed by atoms with Gasteiger partial charge < -0.3 is 25.1 Å². The van der Waals surface area contributed by atoms with Crippen molar-refractivity contribution in [2.24, 2.45) is 10.7 Å². The lowest BCUT2D eigenvalue weighted by atomic mass is 10.1. The van der Waals surface area contributed by atoms with E-state index in [1.165, 1.54) is 0 Å². The molecule has 2 aliphatic heterocycles. The summed E-state index contributed by atoms with van der Waals surface area (Å²) in [5, 5.41) is 12.0. The lowest BCUT2D eigenvalue weighted by Gasteiger charge is -2.25. The Labute approximate surface area is 180 Å². The SMILES string of the molecule is NC1=N[C@H](c2ccc(OCCO)cc2Br)n2c(nc3cc4c(cc32)OCCCO4)N1. The van der Waals surface area contributed by atoms with Crippen molar-refractivity contribution >= 4 is 38.9 Å². The number of fused-ring (bicyclic) bond motifs is 4. The number of imidazole rings is 1. The van der Waals surface area contributed by atoms with Gasteiger partial charge >= 0.3 is 0 Å². The standard InChI is InChI=1S/C20H20BrN5O4/c21-13-8-11(28-7-4-27)2-3-12(13)18-24-19(22)25-20-23-14-9-16-17(10-15(14)26(18)20)30-6-1-5-29-16/h2-3,8-10,18,27H,1,4-7H2,(H3,22,23,24,25)/t18-/m0/s1. The molecule has 0 bridgehead atoms. The van der Waals surface area contributed by atoms with E-state index in [2.05, 4.69) is 26.2 Å². The third-order valence-corrected chi connectivity index (χ3v) is 5.60. The summed E-state index contributed by atoms with van der Waals surface area (Å²) in [4.78, 5) is 9.32.